The van der Waals surface area contributed by atoms with E-state index in [-0.39, 0.29) is 10.7 Å². The zero-order valence-corrected chi connectivity index (χ0v) is 12.7. The normalized spacial score (nSPS) is 13.0. The van der Waals surface area contributed by atoms with Crippen molar-refractivity contribution in [1.82, 2.24) is 9.78 Å². The van der Waals surface area contributed by atoms with Gasteiger partial charge in [0.15, 0.2) is 22.9 Å². The van der Waals surface area contributed by atoms with Crippen LogP contribution in [0.2, 0.25) is 5.02 Å². The SMILES string of the molecule is COc1c(-c2cc(C(=O)O)nn2C)cc2c(c1Cl)OCCO2. The van der Waals surface area contributed by atoms with Crippen molar-refractivity contribution in [3.63, 3.8) is 0 Å². The van der Waals surface area contributed by atoms with E-state index in [2.05, 4.69) is 5.10 Å². The van der Waals surface area contributed by atoms with Crippen LogP contribution in [0.5, 0.6) is 17.2 Å². The van der Waals surface area contributed by atoms with E-state index in [1.807, 2.05) is 0 Å². The van der Waals surface area contributed by atoms with Gasteiger partial charge in [0.25, 0.3) is 0 Å². The first-order valence-corrected chi connectivity index (χ1v) is 6.84. The molecule has 1 aromatic heterocycles. The number of hydrogen-bond acceptors (Lipinski definition) is 5. The van der Waals surface area contributed by atoms with Crippen molar-refractivity contribution in [2.45, 2.75) is 0 Å². The monoisotopic (exact) mass is 324 g/mol. The number of ether oxygens (including phenoxy) is 3. The molecule has 7 nitrogen and oxygen atoms in total. The third kappa shape index (κ3) is 2.23. The summed E-state index contributed by atoms with van der Waals surface area (Å²) in [5.41, 5.74) is 1.07. The predicted molar refractivity (Wildman–Crippen MR) is 78.2 cm³/mol. The van der Waals surface area contributed by atoms with Crippen molar-refractivity contribution >= 4 is 17.6 Å². The zero-order chi connectivity index (χ0) is 15.9. The highest BCUT2D eigenvalue weighted by atomic mass is 35.5. The Kier molecular flexibility index (Phi) is 3.58. The second kappa shape index (κ2) is 5.42. The number of aromatic carboxylic acids is 1. The summed E-state index contributed by atoms with van der Waals surface area (Å²) in [4.78, 5) is 11.1. The van der Waals surface area contributed by atoms with E-state index in [0.717, 1.165) is 0 Å². The number of methoxy groups -OCH3 is 1. The van der Waals surface area contributed by atoms with Gasteiger partial charge in [-0.05, 0) is 12.1 Å². The molecule has 1 aliphatic heterocycles. The molecule has 2 heterocycles. The van der Waals surface area contributed by atoms with Gasteiger partial charge in [0.05, 0.1) is 12.8 Å². The van der Waals surface area contributed by atoms with Crippen LogP contribution in [0.15, 0.2) is 12.1 Å². The summed E-state index contributed by atoms with van der Waals surface area (Å²) in [6, 6.07) is 3.16. The number of benzene rings is 1. The van der Waals surface area contributed by atoms with E-state index in [1.165, 1.54) is 17.9 Å². The summed E-state index contributed by atoms with van der Waals surface area (Å²) < 4.78 is 17.9. The molecule has 0 saturated carbocycles. The topological polar surface area (TPSA) is 82.8 Å². The molecule has 1 aromatic carbocycles. The van der Waals surface area contributed by atoms with Crippen LogP contribution in [-0.4, -0.2) is 41.2 Å². The van der Waals surface area contributed by atoms with Gasteiger partial charge in [-0.2, -0.15) is 5.10 Å². The van der Waals surface area contributed by atoms with Crippen LogP contribution in [0.25, 0.3) is 11.3 Å². The maximum Gasteiger partial charge on any atom is 0.356 e. The van der Waals surface area contributed by atoms with Crippen LogP contribution in [0.1, 0.15) is 10.5 Å². The minimum Gasteiger partial charge on any atom is -0.494 e. The lowest BCUT2D eigenvalue weighted by Gasteiger charge is -2.22. The van der Waals surface area contributed by atoms with Gasteiger partial charge < -0.3 is 19.3 Å². The first kappa shape index (κ1) is 14.5. The first-order valence-electron chi connectivity index (χ1n) is 6.46. The fourth-order valence-corrected chi connectivity index (χ4v) is 2.67. The molecule has 0 radical (unpaired) electrons. The summed E-state index contributed by atoms with van der Waals surface area (Å²) in [6.45, 7) is 0.824. The van der Waals surface area contributed by atoms with Crippen LogP contribution in [0, 0.1) is 0 Å². The number of halogens is 1. The number of hydrogen-bond donors (Lipinski definition) is 1. The number of rotatable bonds is 3. The Morgan fingerprint density at radius 1 is 1.41 bits per heavy atom. The Bertz CT molecular complexity index is 756. The molecule has 0 atom stereocenters. The lowest BCUT2D eigenvalue weighted by molar-refractivity contribution is 0.0689. The lowest BCUT2D eigenvalue weighted by atomic mass is 10.1. The van der Waals surface area contributed by atoms with E-state index < -0.39 is 5.97 Å². The molecule has 0 saturated heterocycles. The average molecular weight is 325 g/mol. The fraction of sp³-hybridized carbons (Fsp3) is 0.286. The van der Waals surface area contributed by atoms with Gasteiger partial charge >= 0.3 is 5.97 Å². The van der Waals surface area contributed by atoms with Crippen LogP contribution in [0.3, 0.4) is 0 Å². The van der Waals surface area contributed by atoms with Gasteiger partial charge in [0.1, 0.15) is 18.2 Å². The standard InChI is InChI=1S/C14H13ClN2O5/c1-17-9(6-8(16-17)14(18)19)7-5-10-13(22-4-3-21-10)11(15)12(7)20-2/h5-6H,3-4H2,1-2H3,(H,18,19). The average Bonchev–Trinajstić information content (AvgIpc) is 2.89. The highest BCUT2D eigenvalue weighted by molar-refractivity contribution is 6.34. The highest BCUT2D eigenvalue weighted by Gasteiger charge is 2.25. The van der Waals surface area contributed by atoms with Crippen molar-refractivity contribution in [3.8, 4) is 28.5 Å². The predicted octanol–water partition coefficient (Wildman–Crippen LogP) is 2.22. The molecule has 2 aromatic rings. The second-order valence-electron chi connectivity index (χ2n) is 4.64. The minimum absolute atomic E-state index is 0.0643. The molecule has 0 amide bonds. The van der Waals surface area contributed by atoms with Crippen LogP contribution >= 0.6 is 11.6 Å². The largest absolute Gasteiger partial charge is 0.494 e. The van der Waals surface area contributed by atoms with Gasteiger partial charge in [-0.15, -0.1) is 0 Å². The number of aromatic nitrogens is 2. The first-order chi connectivity index (χ1) is 10.5. The van der Waals surface area contributed by atoms with Gasteiger partial charge in [-0.25, -0.2) is 4.79 Å². The summed E-state index contributed by atoms with van der Waals surface area (Å²) in [7, 11) is 3.13. The van der Waals surface area contributed by atoms with E-state index >= 15 is 0 Å². The molecule has 1 N–H and O–H groups in total. The third-order valence-electron chi connectivity index (χ3n) is 3.31. The molecule has 0 spiro atoms. The van der Waals surface area contributed by atoms with Crippen LogP contribution in [0.4, 0.5) is 0 Å². The molecule has 116 valence electrons. The van der Waals surface area contributed by atoms with Gasteiger partial charge in [0, 0.05) is 12.6 Å². The molecule has 1 aliphatic rings. The zero-order valence-electron chi connectivity index (χ0n) is 11.9. The Hall–Kier alpha value is -2.41. The van der Waals surface area contributed by atoms with Crippen molar-refractivity contribution in [3.05, 3.63) is 22.8 Å². The molecule has 3 rings (SSSR count). The third-order valence-corrected chi connectivity index (χ3v) is 3.65. The second-order valence-corrected chi connectivity index (χ2v) is 5.02. The van der Waals surface area contributed by atoms with Gasteiger partial charge in [-0.3, -0.25) is 4.68 Å². The number of carboxylic acids is 1. The molecule has 0 fully saturated rings. The Balaban J connectivity index is 2.22. The number of carboxylic acid groups (broad SMARTS) is 1. The quantitative estimate of drug-likeness (QED) is 0.932. The molecular weight excluding hydrogens is 312 g/mol. The van der Waals surface area contributed by atoms with E-state index in [0.29, 0.717) is 41.7 Å². The van der Waals surface area contributed by atoms with Crippen molar-refractivity contribution in [2.75, 3.05) is 20.3 Å². The lowest BCUT2D eigenvalue weighted by Crippen LogP contribution is -2.16. The summed E-state index contributed by atoms with van der Waals surface area (Å²) in [6.07, 6.45) is 0. The van der Waals surface area contributed by atoms with E-state index in [1.54, 1.807) is 13.1 Å². The summed E-state index contributed by atoms with van der Waals surface area (Å²) in [5, 5.41) is 13.3. The number of aryl methyl sites for hydroxylation is 1. The molecule has 0 unspecified atom stereocenters. The van der Waals surface area contributed by atoms with Crippen molar-refractivity contribution < 1.29 is 24.1 Å². The maximum atomic E-state index is 11.1. The maximum absolute atomic E-state index is 11.1. The van der Waals surface area contributed by atoms with Crippen molar-refractivity contribution in [1.29, 1.82) is 0 Å². The number of fused-ring (bicyclic) bond motifs is 1. The molecule has 22 heavy (non-hydrogen) atoms. The minimum atomic E-state index is -1.11. The molecule has 8 heteroatoms. The number of nitrogens with zero attached hydrogens (tertiary/aromatic N) is 2. The Morgan fingerprint density at radius 2 is 2.14 bits per heavy atom. The smallest absolute Gasteiger partial charge is 0.356 e. The van der Waals surface area contributed by atoms with E-state index in [9.17, 15) is 4.79 Å². The Labute approximate surface area is 131 Å². The van der Waals surface area contributed by atoms with Crippen molar-refractivity contribution in [2.24, 2.45) is 7.05 Å². The molecule has 0 aliphatic carbocycles. The Morgan fingerprint density at radius 3 is 2.77 bits per heavy atom. The van der Waals surface area contributed by atoms with Gasteiger partial charge in [-0.1, -0.05) is 11.6 Å². The number of carbonyl (C=O) groups is 1. The van der Waals surface area contributed by atoms with E-state index in [4.69, 9.17) is 30.9 Å². The molecule has 0 bridgehead atoms. The highest BCUT2D eigenvalue weighted by Crippen LogP contribution is 2.48. The molecular formula is C14H13ClN2O5. The fourth-order valence-electron chi connectivity index (χ4n) is 2.34. The van der Waals surface area contributed by atoms with Crippen LogP contribution in [-0.2, 0) is 7.05 Å². The van der Waals surface area contributed by atoms with Gasteiger partial charge in [0.2, 0.25) is 0 Å². The summed E-state index contributed by atoms with van der Waals surface area (Å²) in [5.74, 6) is 0.189. The van der Waals surface area contributed by atoms with Crippen LogP contribution < -0.4 is 14.2 Å². The summed E-state index contributed by atoms with van der Waals surface area (Å²) >= 11 is 6.33.